The van der Waals surface area contributed by atoms with Crippen molar-refractivity contribution < 1.29 is 19.5 Å². The lowest BCUT2D eigenvalue weighted by atomic mass is 10.1. The van der Waals surface area contributed by atoms with E-state index in [-0.39, 0.29) is 18.2 Å². The molecule has 0 spiro atoms. The fourth-order valence-corrected chi connectivity index (χ4v) is 1.81. The Balaban J connectivity index is 0. The summed E-state index contributed by atoms with van der Waals surface area (Å²) in [5, 5.41) is 10.7. The summed E-state index contributed by atoms with van der Waals surface area (Å²) in [6.07, 6.45) is 9.75. The molecule has 0 bridgehead atoms. The lowest BCUT2D eigenvalue weighted by Gasteiger charge is -2.04. The van der Waals surface area contributed by atoms with E-state index in [0.717, 1.165) is 38.6 Å². The lowest BCUT2D eigenvalue weighted by molar-refractivity contribution is -0.136. The highest BCUT2D eigenvalue weighted by molar-refractivity contribution is 5.75. The predicted octanol–water partition coefficient (Wildman–Crippen LogP) is 2.99. The number of primary amides is 1. The third kappa shape index (κ3) is 25.7. The quantitative estimate of drug-likeness (QED) is 0.451. The molecule has 0 fully saturated rings. The molecule has 6 heteroatoms. The molecule has 0 aromatic rings. The van der Waals surface area contributed by atoms with Crippen LogP contribution in [0.2, 0.25) is 0 Å². The monoisotopic (exact) mass is 330 g/mol. The Kier molecular flexibility index (Phi) is 19.0. The van der Waals surface area contributed by atoms with Crippen molar-refractivity contribution in [2.24, 2.45) is 5.73 Å². The minimum absolute atomic E-state index is 0.154. The van der Waals surface area contributed by atoms with Crippen LogP contribution in [0.25, 0.3) is 0 Å². The molecular formula is C17H34N2O4. The molecule has 2 amide bonds. The summed E-state index contributed by atoms with van der Waals surface area (Å²) in [7, 11) is 0. The molecule has 0 rings (SSSR count). The van der Waals surface area contributed by atoms with Crippen molar-refractivity contribution in [1.29, 1.82) is 0 Å². The Morgan fingerprint density at radius 3 is 1.87 bits per heavy atom. The largest absolute Gasteiger partial charge is 0.481 e. The minimum atomic E-state index is -0.745. The number of hydrogen-bond donors (Lipinski definition) is 3. The van der Waals surface area contributed by atoms with Gasteiger partial charge in [-0.15, -0.1) is 0 Å². The zero-order valence-electron chi connectivity index (χ0n) is 14.7. The van der Waals surface area contributed by atoms with Crippen molar-refractivity contribution in [2.75, 3.05) is 6.54 Å². The number of nitrogens with two attached hydrogens (primary N) is 1. The average Bonchev–Trinajstić information content (AvgIpc) is 2.50. The highest BCUT2D eigenvalue weighted by atomic mass is 16.4. The van der Waals surface area contributed by atoms with Crippen molar-refractivity contribution in [3.8, 4) is 0 Å². The number of carboxylic acid groups (broad SMARTS) is 1. The molecule has 0 aliphatic carbocycles. The fourth-order valence-electron chi connectivity index (χ4n) is 1.81. The number of aliphatic carboxylic acids is 1. The zero-order chi connectivity index (χ0) is 17.9. The molecule has 0 atom stereocenters. The van der Waals surface area contributed by atoms with Crippen LogP contribution < -0.4 is 11.1 Å². The van der Waals surface area contributed by atoms with Crippen molar-refractivity contribution >= 4 is 17.8 Å². The van der Waals surface area contributed by atoms with Crippen LogP contribution in [-0.4, -0.2) is 29.4 Å². The molecule has 0 aromatic carbocycles. The van der Waals surface area contributed by atoms with E-state index in [1.54, 1.807) is 6.92 Å². The highest BCUT2D eigenvalue weighted by Gasteiger charge is 2.00. The Morgan fingerprint density at radius 1 is 0.870 bits per heavy atom. The van der Waals surface area contributed by atoms with Gasteiger partial charge in [0.25, 0.3) is 0 Å². The third-order valence-electron chi connectivity index (χ3n) is 3.23. The van der Waals surface area contributed by atoms with Gasteiger partial charge < -0.3 is 16.2 Å². The van der Waals surface area contributed by atoms with Gasteiger partial charge in [0.15, 0.2) is 0 Å². The number of amides is 2. The molecule has 23 heavy (non-hydrogen) atoms. The molecule has 0 aliphatic rings. The Morgan fingerprint density at radius 2 is 1.39 bits per heavy atom. The maximum Gasteiger partial charge on any atom is 0.303 e. The second-order valence-electron chi connectivity index (χ2n) is 5.54. The van der Waals surface area contributed by atoms with Gasteiger partial charge in [-0.25, -0.2) is 0 Å². The van der Waals surface area contributed by atoms with Gasteiger partial charge >= 0.3 is 5.97 Å². The first kappa shape index (κ1) is 23.7. The summed E-state index contributed by atoms with van der Waals surface area (Å²) < 4.78 is 0. The van der Waals surface area contributed by atoms with E-state index in [9.17, 15) is 14.4 Å². The number of carbonyl (C=O) groups excluding carboxylic acids is 2. The molecule has 0 saturated carbocycles. The molecule has 0 saturated heterocycles. The summed E-state index contributed by atoms with van der Waals surface area (Å²) in [4.78, 5) is 31.3. The van der Waals surface area contributed by atoms with Crippen LogP contribution in [-0.2, 0) is 14.4 Å². The van der Waals surface area contributed by atoms with Gasteiger partial charge in [-0.05, 0) is 19.3 Å². The van der Waals surface area contributed by atoms with E-state index in [4.69, 9.17) is 10.8 Å². The number of carbonyl (C=O) groups is 3. The van der Waals surface area contributed by atoms with Crippen LogP contribution in [0.15, 0.2) is 0 Å². The standard InChI is InChI=1S/C14H28N2O2.C3H6O2/c1-2-3-4-9-12-16-14(18)11-8-6-5-7-10-13(15)17;1-2-3(4)5/h2-12H2,1H3,(H2,15,17)(H,16,18);2H2,1H3,(H,4,5). The number of rotatable bonds is 13. The number of carboxylic acids is 1. The molecule has 0 unspecified atom stereocenters. The molecule has 4 N–H and O–H groups in total. The second-order valence-corrected chi connectivity index (χ2v) is 5.54. The van der Waals surface area contributed by atoms with Crippen LogP contribution in [0.5, 0.6) is 0 Å². The first-order valence-corrected chi connectivity index (χ1v) is 8.70. The number of hydrogen-bond acceptors (Lipinski definition) is 3. The van der Waals surface area contributed by atoms with Crippen LogP contribution in [0.3, 0.4) is 0 Å². The summed E-state index contributed by atoms with van der Waals surface area (Å²) in [6, 6.07) is 0. The Hall–Kier alpha value is -1.59. The summed E-state index contributed by atoms with van der Waals surface area (Å²) in [5.41, 5.74) is 5.04. The van der Waals surface area contributed by atoms with Gasteiger partial charge in [-0.1, -0.05) is 46.0 Å². The summed E-state index contributed by atoms with van der Waals surface area (Å²) >= 11 is 0. The number of unbranched alkanes of at least 4 members (excludes halogenated alkanes) is 6. The van der Waals surface area contributed by atoms with Crippen LogP contribution in [0.1, 0.15) is 84.5 Å². The van der Waals surface area contributed by atoms with Gasteiger partial charge in [-0.3, -0.25) is 14.4 Å². The number of nitrogens with one attached hydrogen (secondary N) is 1. The summed E-state index contributed by atoms with van der Waals surface area (Å²) in [6.45, 7) is 4.58. The molecule has 0 aliphatic heterocycles. The summed E-state index contributed by atoms with van der Waals surface area (Å²) in [5.74, 6) is -0.828. The minimum Gasteiger partial charge on any atom is -0.481 e. The van der Waals surface area contributed by atoms with E-state index in [1.165, 1.54) is 19.3 Å². The maximum atomic E-state index is 11.4. The lowest BCUT2D eigenvalue weighted by Crippen LogP contribution is -2.23. The van der Waals surface area contributed by atoms with E-state index in [2.05, 4.69) is 12.2 Å². The van der Waals surface area contributed by atoms with Crippen molar-refractivity contribution in [3.05, 3.63) is 0 Å². The van der Waals surface area contributed by atoms with Crippen LogP contribution in [0.4, 0.5) is 0 Å². The Labute approximate surface area is 140 Å². The van der Waals surface area contributed by atoms with E-state index in [1.807, 2.05) is 0 Å². The average molecular weight is 330 g/mol. The Bertz CT molecular complexity index is 320. The topological polar surface area (TPSA) is 109 Å². The highest BCUT2D eigenvalue weighted by Crippen LogP contribution is 2.05. The second kappa shape index (κ2) is 18.5. The fraction of sp³-hybridized carbons (Fsp3) is 0.824. The van der Waals surface area contributed by atoms with Crippen molar-refractivity contribution in [2.45, 2.75) is 84.5 Å². The third-order valence-corrected chi connectivity index (χ3v) is 3.23. The first-order valence-electron chi connectivity index (χ1n) is 8.70. The molecule has 6 nitrogen and oxygen atoms in total. The first-order chi connectivity index (χ1) is 10.9. The molecule has 0 radical (unpaired) electrons. The molecule has 0 aromatic heterocycles. The predicted molar refractivity (Wildman–Crippen MR) is 92.0 cm³/mol. The maximum absolute atomic E-state index is 11.4. The van der Waals surface area contributed by atoms with Crippen LogP contribution in [0, 0.1) is 0 Å². The van der Waals surface area contributed by atoms with Gasteiger partial charge in [0, 0.05) is 25.8 Å². The van der Waals surface area contributed by atoms with E-state index < -0.39 is 5.97 Å². The zero-order valence-corrected chi connectivity index (χ0v) is 14.7. The van der Waals surface area contributed by atoms with Crippen LogP contribution >= 0.6 is 0 Å². The van der Waals surface area contributed by atoms with E-state index >= 15 is 0 Å². The van der Waals surface area contributed by atoms with Crippen molar-refractivity contribution in [3.63, 3.8) is 0 Å². The smallest absolute Gasteiger partial charge is 0.303 e. The molecular weight excluding hydrogens is 296 g/mol. The van der Waals surface area contributed by atoms with Crippen molar-refractivity contribution in [1.82, 2.24) is 5.32 Å². The molecule has 0 heterocycles. The normalized spacial score (nSPS) is 9.65. The van der Waals surface area contributed by atoms with Gasteiger partial charge in [0.05, 0.1) is 0 Å². The van der Waals surface area contributed by atoms with E-state index in [0.29, 0.717) is 12.8 Å². The molecule has 136 valence electrons. The van der Waals surface area contributed by atoms with Gasteiger partial charge in [0.1, 0.15) is 0 Å². The SMILES string of the molecule is CCC(=O)O.CCCCCCNC(=O)CCCCCCC(N)=O. The van der Waals surface area contributed by atoms with Gasteiger partial charge in [-0.2, -0.15) is 0 Å². The van der Waals surface area contributed by atoms with Gasteiger partial charge in [0.2, 0.25) is 11.8 Å².